The van der Waals surface area contributed by atoms with E-state index in [1.165, 1.54) is 37.8 Å². The predicted octanol–water partition coefficient (Wildman–Crippen LogP) is 3.79. The second kappa shape index (κ2) is 9.31. The van der Waals surface area contributed by atoms with E-state index >= 15 is 0 Å². The Morgan fingerprint density at radius 1 is 1.20 bits per heavy atom. The van der Waals surface area contributed by atoms with Crippen LogP contribution in [0.25, 0.3) is 0 Å². The monoisotopic (exact) mass is 280 g/mol. The topological polar surface area (TPSA) is 78.4 Å². The first kappa shape index (κ1) is 16.4. The zero-order chi connectivity index (χ0) is 14.8. The highest BCUT2D eigenvalue weighted by atomic mass is 16.6. The van der Waals surface area contributed by atoms with Crippen molar-refractivity contribution >= 4 is 5.69 Å². The molecule has 0 heterocycles. The molecule has 2 N–H and O–H groups in total. The van der Waals surface area contributed by atoms with Crippen LogP contribution >= 0.6 is 0 Å². The number of rotatable bonds is 10. The van der Waals surface area contributed by atoms with E-state index in [1.807, 2.05) is 0 Å². The van der Waals surface area contributed by atoms with Crippen LogP contribution in [0.4, 0.5) is 5.69 Å². The number of nitro benzene ring substituents is 1. The lowest BCUT2D eigenvalue weighted by atomic mass is 10.1. The molecule has 0 aromatic heterocycles. The Morgan fingerprint density at radius 3 is 2.55 bits per heavy atom. The maximum atomic E-state index is 10.7. The molecule has 1 rings (SSSR count). The molecule has 1 aromatic carbocycles. The Hall–Kier alpha value is -1.62. The molecule has 5 nitrogen and oxygen atoms in total. The molecule has 0 radical (unpaired) electrons. The zero-order valence-electron chi connectivity index (χ0n) is 12.1. The Balaban J connectivity index is 2.38. The third-order valence-electron chi connectivity index (χ3n) is 3.23. The standard InChI is InChI=1S/C15H24N2O3/c1-2-3-4-5-6-7-10-20-15-9-8-14(17(18)19)11-13(15)12-16/h8-9,11H,2-7,10,12,16H2,1H3. The van der Waals surface area contributed by atoms with Gasteiger partial charge in [-0.05, 0) is 12.5 Å². The van der Waals surface area contributed by atoms with Crippen molar-refractivity contribution in [3.05, 3.63) is 33.9 Å². The summed E-state index contributed by atoms with van der Waals surface area (Å²) in [6.07, 6.45) is 7.22. The van der Waals surface area contributed by atoms with Crippen LogP contribution in [-0.2, 0) is 6.54 Å². The quantitative estimate of drug-likeness (QED) is 0.402. The summed E-state index contributed by atoms with van der Waals surface area (Å²) in [6.45, 7) is 3.08. The molecule has 0 amide bonds. The molecule has 0 atom stereocenters. The molecule has 0 aliphatic rings. The van der Waals surface area contributed by atoms with Crippen molar-refractivity contribution in [3.8, 4) is 5.75 Å². The average Bonchev–Trinajstić information content (AvgIpc) is 2.46. The highest BCUT2D eigenvalue weighted by Gasteiger charge is 2.10. The second-order valence-corrected chi connectivity index (χ2v) is 4.87. The normalized spacial score (nSPS) is 10.5. The highest BCUT2D eigenvalue weighted by Crippen LogP contribution is 2.24. The van der Waals surface area contributed by atoms with E-state index in [-0.39, 0.29) is 12.2 Å². The van der Waals surface area contributed by atoms with E-state index in [4.69, 9.17) is 10.5 Å². The van der Waals surface area contributed by atoms with Gasteiger partial charge in [-0.25, -0.2) is 0 Å². The first-order valence-corrected chi connectivity index (χ1v) is 7.29. The first-order valence-electron chi connectivity index (χ1n) is 7.29. The van der Waals surface area contributed by atoms with Crippen LogP contribution < -0.4 is 10.5 Å². The Morgan fingerprint density at radius 2 is 1.90 bits per heavy atom. The third kappa shape index (κ3) is 5.57. The van der Waals surface area contributed by atoms with Gasteiger partial charge in [0.05, 0.1) is 11.5 Å². The summed E-state index contributed by atoms with van der Waals surface area (Å²) < 4.78 is 5.67. The molecular weight excluding hydrogens is 256 g/mol. The number of nitro groups is 1. The van der Waals surface area contributed by atoms with E-state index in [0.717, 1.165) is 12.8 Å². The molecule has 0 aliphatic carbocycles. The summed E-state index contributed by atoms with van der Waals surface area (Å²) >= 11 is 0. The van der Waals surface area contributed by atoms with Crippen molar-refractivity contribution in [3.63, 3.8) is 0 Å². The van der Waals surface area contributed by atoms with Crippen LogP contribution in [-0.4, -0.2) is 11.5 Å². The molecule has 0 aliphatic heterocycles. The van der Waals surface area contributed by atoms with Crippen LogP contribution in [0.5, 0.6) is 5.75 Å². The lowest BCUT2D eigenvalue weighted by molar-refractivity contribution is -0.384. The molecule has 0 unspecified atom stereocenters. The van der Waals surface area contributed by atoms with Crippen molar-refractivity contribution in [1.29, 1.82) is 0 Å². The van der Waals surface area contributed by atoms with E-state index < -0.39 is 4.92 Å². The zero-order valence-corrected chi connectivity index (χ0v) is 12.1. The minimum atomic E-state index is -0.420. The van der Waals surface area contributed by atoms with Crippen molar-refractivity contribution < 1.29 is 9.66 Å². The molecular formula is C15H24N2O3. The highest BCUT2D eigenvalue weighted by molar-refractivity contribution is 5.43. The first-order chi connectivity index (χ1) is 9.69. The fourth-order valence-corrected chi connectivity index (χ4v) is 2.04. The van der Waals surface area contributed by atoms with Gasteiger partial charge in [0.15, 0.2) is 0 Å². The lowest BCUT2D eigenvalue weighted by Crippen LogP contribution is -2.04. The second-order valence-electron chi connectivity index (χ2n) is 4.87. The van der Waals surface area contributed by atoms with Gasteiger partial charge in [-0.15, -0.1) is 0 Å². The Labute approximate surface area is 120 Å². The summed E-state index contributed by atoms with van der Waals surface area (Å²) in [5, 5.41) is 10.7. The van der Waals surface area contributed by atoms with Gasteiger partial charge in [0.1, 0.15) is 5.75 Å². The van der Waals surface area contributed by atoms with Crippen molar-refractivity contribution in [2.45, 2.75) is 52.0 Å². The van der Waals surface area contributed by atoms with Gasteiger partial charge in [-0.2, -0.15) is 0 Å². The van der Waals surface area contributed by atoms with Crippen molar-refractivity contribution in [2.75, 3.05) is 6.61 Å². The predicted molar refractivity (Wildman–Crippen MR) is 79.9 cm³/mol. The largest absolute Gasteiger partial charge is 0.493 e. The van der Waals surface area contributed by atoms with Gasteiger partial charge in [0, 0.05) is 24.2 Å². The Kier molecular flexibility index (Phi) is 7.65. The Bertz CT molecular complexity index is 422. The molecule has 20 heavy (non-hydrogen) atoms. The third-order valence-corrected chi connectivity index (χ3v) is 3.23. The number of nitrogens with zero attached hydrogens (tertiary/aromatic N) is 1. The van der Waals surface area contributed by atoms with E-state index in [0.29, 0.717) is 17.9 Å². The maximum absolute atomic E-state index is 10.7. The summed E-state index contributed by atoms with van der Waals surface area (Å²) in [6, 6.07) is 4.57. The van der Waals surface area contributed by atoms with Gasteiger partial charge >= 0.3 is 0 Å². The lowest BCUT2D eigenvalue weighted by Gasteiger charge is -2.10. The minimum Gasteiger partial charge on any atom is -0.493 e. The molecule has 0 fully saturated rings. The van der Waals surface area contributed by atoms with Crippen molar-refractivity contribution in [2.24, 2.45) is 5.73 Å². The number of non-ortho nitro benzene ring substituents is 1. The number of ether oxygens (including phenoxy) is 1. The number of hydrogen-bond donors (Lipinski definition) is 1. The van der Waals surface area contributed by atoms with Gasteiger partial charge in [0.25, 0.3) is 5.69 Å². The molecule has 5 heteroatoms. The number of benzene rings is 1. The van der Waals surface area contributed by atoms with Crippen LogP contribution in [0.2, 0.25) is 0 Å². The van der Waals surface area contributed by atoms with Crippen LogP contribution in [0.3, 0.4) is 0 Å². The average molecular weight is 280 g/mol. The summed E-state index contributed by atoms with van der Waals surface area (Å²) in [5.41, 5.74) is 6.34. The fraction of sp³-hybridized carbons (Fsp3) is 0.600. The van der Waals surface area contributed by atoms with E-state index in [2.05, 4.69) is 6.92 Å². The van der Waals surface area contributed by atoms with Crippen LogP contribution in [0.15, 0.2) is 18.2 Å². The van der Waals surface area contributed by atoms with Gasteiger partial charge in [0.2, 0.25) is 0 Å². The number of hydrogen-bond acceptors (Lipinski definition) is 4. The summed E-state index contributed by atoms with van der Waals surface area (Å²) in [4.78, 5) is 10.3. The van der Waals surface area contributed by atoms with E-state index in [9.17, 15) is 10.1 Å². The van der Waals surface area contributed by atoms with E-state index in [1.54, 1.807) is 6.07 Å². The molecule has 1 aromatic rings. The van der Waals surface area contributed by atoms with Crippen LogP contribution in [0, 0.1) is 10.1 Å². The maximum Gasteiger partial charge on any atom is 0.270 e. The SMILES string of the molecule is CCCCCCCCOc1ccc([N+](=O)[O-])cc1CN. The minimum absolute atomic E-state index is 0.0531. The van der Waals surface area contributed by atoms with Crippen molar-refractivity contribution in [1.82, 2.24) is 0 Å². The fourth-order valence-electron chi connectivity index (χ4n) is 2.04. The summed E-state index contributed by atoms with van der Waals surface area (Å²) in [7, 11) is 0. The summed E-state index contributed by atoms with van der Waals surface area (Å²) in [5.74, 6) is 0.659. The van der Waals surface area contributed by atoms with Crippen LogP contribution in [0.1, 0.15) is 51.0 Å². The smallest absolute Gasteiger partial charge is 0.270 e. The van der Waals surface area contributed by atoms with Gasteiger partial charge in [-0.3, -0.25) is 10.1 Å². The van der Waals surface area contributed by atoms with Gasteiger partial charge < -0.3 is 10.5 Å². The van der Waals surface area contributed by atoms with Gasteiger partial charge in [-0.1, -0.05) is 39.0 Å². The molecule has 0 saturated heterocycles. The number of nitrogens with two attached hydrogens (primary N) is 1. The molecule has 0 saturated carbocycles. The molecule has 0 bridgehead atoms. The molecule has 112 valence electrons. The number of unbranched alkanes of at least 4 members (excludes halogenated alkanes) is 5. The molecule has 0 spiro atoms.